The van der Waals surface area contributed by atoms with Gasteiger partial charge in [-0.2, -0.15) is 0 Å². The summed E-state index contributed by atoms with van der Waals surface area (Å²) in [6.07, 6.45) is 0. The van der Waals surface area contributed by atoms with Crippen LogP contribution in [0.25, 0.3) is 21.9 Å². The summed E-state index contributed by atoms with van der Waals surface area (Å²) in [7, 11) is 2.10. The highest BCUT2D eigenvalue weighted by molar-refractivity contribution is 6.10. The summed E-state index contributed by atoms with van der Waals surface area (Å²) in [5, 5.41) is 2.35. The number of nitrogens with zero attached hydrogens (tertiary/aromatic N) is 1. The lowest BCUT2D eigenvalue weighted by atomic mass is 10.0. The maximum atomic E-state index is 6.28. The number of hydrogen-bond acceptors (Lipinski definition) is 2. The normalized spacial score (nSPS) is 11.6. The van der Waals surface area contributed by atoms with Gasteiger partial charge >= 0.3 is 0 Å². The molecule has 4 rings (SSSR count). The Morgan fingerprint density at radius 1 is 0.800 bits per heavy atom. The van der Waals surface area contributed by atoms with E-state index in [2.05, 4.69) is 93.4 Å². The van der Waals surface area contributed by atoms with E-state index in [1.807, 2.05) is 0 Å². The summed E-state index contributed by atoms with van der Waals surface area (Å²) in [6, 6.07) is 21.5. The van der Waals surface area contributed by atoms with Crippen LogP contribution in [0.5, 0.6) is 0 Å². The van der Waals surface area contributed by atoms with Crippen LogP contribution in [0.15, 0.2) is 65.1 Å². The Bertz CT molecular complexity index is 1040. The van der Waals surface area contributed by atoms with Crippen molar-refractivity contribution in [3.05, 3.63) is 71.8 Å². The monoisotopic (exact) mass is 329 g/mol. The molecule has 0 saturated carbocycles. The lowest BCUT2D eigenvalue weighted by Crippen LogP contribution is -2.09. The van der Waals surface area contributed by atoms with Crippen LogP contribution < -0.4 is 4.90 Å². The van der Waals surface area contributed by atoms with Crippen molar-refractivity contribution in [2.24, 2.45) is 0 Å². The summed E-state index contributed by atoms with van der Waals surface area (Å²) in [5.41, 5.74) is 6.70. The van der Waals surface area contributed by atoms with Crippen molar-refractivity contribution >= 4 is 33.3 Å². The maximum Gasteiger partial charge on any atom is 0.159 e. The fourth-order valence-electron chi connectivity index (χ4n) is 3.43. The van der Waals surface area contributed by atoms with Gasteiger partial charge in [-0.15, -0.1) is 0 Å². The summed E-state index contributed by atoms with van der Waals surface area (Å²) in [4.78, 5) is 2.20. The largest absolute Gasteiger partial charge is 0.454 e. The molecule has 0 aliphatic heterocycles. The molecule has 1 aromatic heterocycles. The Balaban J connectivity index is 1.85. The number of para-hydroxylation sites is 2. The number of furan rings is 1. The van der Waals surface area contributed by atoms with Gasteiger partial charge in [0.2, 0.25) is 0 Å². The third-order valence-electron chi connectivity index (χ3n) is 5.01. The molecule has 0 atom stereocenters. The average Bonchev–Trinajstić information content (AvgIpc) is 3.01. The van der Waals surface area contributed by atoms with Gasteiger partial charge < -0.3 is 9.32 Å². The van der Waals surface area contributed by atoms with Crippen LogP contribution in [0.3, 0.4) is 0 Å². The van der Waals surface area contributed by atoms with Crippen molar-refractivity contribution in [1.82, 2.24) is 0 Å². The molecule has 0 spiro atoms. The third-order valence-corrected chi connectivity index (χ3v) is 5.01. The Morgan fingerprint density at radius 2 is 1.44 bits per heavy atom. The van der Waals surface area contributed by atoms with Gasteiger partial charge in [-0.3, -0.25) is 0 Å². The Hall–Kier alpha value is -2.74. The second-order valence-electron chi connectivity index (χ2n) is 7.01. The summed E-state index contributed by atoms with van der Waals surface area (Å²) >= 11 is 0. The highest BCUT2D eigenvalue weighted by Crippen LogP contribution is 2.38. The van der Waals surface area contributed by atoms with Crippen LogP contribution in [0.1, 0.15) is 30.9 Å². The van der Waals surface area contributed by atoms with Crippen molar-refractivity contribution < 1.29 is 4.42 Å². The van der Waals surface area contributed by atoms with Gasteiger partial charge in [0.05, 0.1) is 5.69 Å². The van der Waals surface area contributed by atoms with Crippen molar-refractivity contribution in [1.29, 1.82) is 0 Å². The van der Waals surface area contributed by atoms with Crippen LogP contribution in [-0.4, -0.2) is 7.05 Å². The highest BCUT2D eigenvalue weighted by Gasteiger charge is 2.15. The van der Waals surface area contributed by atoms with E-state index in [0.717, 1.165) is 22.5 Å². The van der Waals surface area contributed by atoms with Gasteiger partial charge in [0, 0.05) is 23.5 Å². The third kappa shape index (κ3) is 2.58. The molecule has 0 radical (unpaired) electrons. The molecule has 0 aliphatic rings. The number of benzene rings is 3. The van der Waals surface area contributed by atoms with Crippen molar-refractivity contribution in [2.75, 3.05) is 11.9 Å². The van der Waals surface area contributed by atoms with Gasteiger partial charge in [-0.05, 0) is 42.2 Å². The molecule has 0 aliphatic carbocycles. The van der Waals surface area contributed by atoms with E-state index in [4.69, 9.17) is 4.42 Å². The molecule has 25 heavy (non-hydrogen) atoms. The van der Waals surface area contributed by atoms with Gasteiger partial charge in [0.1, 0.15) is 5.58 Å². The Kier molecular flexibility index (Phi) is 3.76. The molecule has 1 heterocycles. The quantitative estimate of drug-likeness (QED) is 0.411. The van der Waals surface area contributed by atoms with Crippen molar-refractivity contribution in [3.8, 4) is 0 Å². The van der Waals surface area contributed by atoms with E-state index in [0.29, 0.717) is 5.92 Å². The van der Waals surface area contributed by atoms with Gasteiger partial charge in [0.25, 0.3) is 0 Å². The second kappa shape index (κ2) is 5.96. The van der Waals surface area contributed by atoms with Crippen molar-refractivity contribution in [2.45, 2.75) is 26.7 Å². The van der Waals surface area contributed by atoms with Crippen LogP contribution in [0, 0.1) is 6.92 Å². The molecule has 0 unspecified atom stereocenters. The molecule has 0 saturated heterocycles. The Labute approximate surface area is 148 Å². The van der Waals surface area contributed by atoms with E-state index in [-0.39, 0.29) is 0 Å². The zero-order chi connectivity index (χ0) is 17.6. The summed E-state index contributed by atoms with van der Waals surface area (Å²) in [6.45, 7) is 6.53. The molecule has 2 nitrogen and oxygen atoms in total. The van der Waals surface area contributed by atoms with E-state index in [1.54, 1.807) is 0 Å². The SMILES string of the molecule is Cc1cccc2c1oc1c(N(C)c3ccc(C(C)C)cc3)cccc12. The molecule has 0 fully saturated rings. The fourth-order valence-corrected chi connectivity index (χ4v) is 3.43. The Morgan fingerprint density at radius 3 is 2.12 bits per heavy atom. The summed E-state index contributed by atoms with van der Waals surface area (Å²) in [5.74, 6) is 0.543. The smallest absolute Gasteiger partial charge is 0.159 e. The predicted octanol–water partition coefficient (Wildman–Crippen LogP) is 6.79. The van der Waals surface area contributed by atoms with Crippen LogP contribution in [-0.2, 0) is 0 Å². The fraction of sp³-hybridized carbons (Fsp3) is 0.217. The maximum absolute atomic E-state index is 6.28. The minimum atomic E-state index is 0.543. The molecule has 3 aromatic carbocycles. The van der Waals surface area contributed by atoms with Crippen LogP contribution in [0.4, 0.5) is 11.4 Å². The summed E-state index contributed by atoms with van der Waals surface area (Å²) < 4.78 is 6.28. The number of rotatable bonds is 3. The van der Waals surface area contributed by atoms with E-state index < -0.39 is 0 Å². The number of fused-ring (bicyclic) bond motifs is 3. The molecule has 0 bridgehead atoms. The van der Waals surface area contributed by atoms with Gasteiger partial charge in [-0.1, -0.05) is 56.3 Å². The molecule has 2 heteroatoms. The van der Waals surface area contributed by atoms with Crippen molar-refractivity contribution in [3.63, 3.8) is 0 Å². The lowest BCUT2D eigenvalue weighted by Gasteiger charge is -2.20. The first kappa shape index (κ1) is 15.8. The second-order valence-corrected chi connectivity index (χ2v) is 7.01. The zero-order valence-corrected chi connectivity index (χ0v) is 15.2. The van der Waals surface area contributed by atoms with E-state index in [9.17, 15) is 0 Å². The topological polar surface area (TPSA) is 16.4 Å². The van der Waals surface area contributed by atoms with Gasteiger partial charge in [0.15, 0.2) is 5.58 Å². The van der Waals surface area contributed by atoms with Crippen LogP contribution >= 0.6 is 0 Å². The first-order valence-corrected chi connectivity index (χ1v) is 8.81. The molecule has 126 valence electrons. The molecule has 4 aromatic rings. The standard InChI is InChI=1S/C23H23NO/c1-15(2)17-11-13-18(14-12-17)24(4)21-10-6-9-20-19-8-5-7-16(3)22(19)25-23(20)21/h5-15H,1-4H3. The van der Waals surface area contributed by atoms with E-state index in [1.165, 1.54) is 21.9 Å². The average molecular weight is 329 g/mol. The molecular weight excluding hydrogens is 306 g/mol. The molecule has 0 amide bonds. The molecular formula is C23H23NO. The predicted molar refractivity (Wildman–Crippen MR) is 107 cm³/mol. The first-order chi connectivity index (χ1) is 12.1. The minimum absolute atomic E-state index is 0.543. The first-order valence-electron chi connectivity index (χ1n) is 8.81. The molecule has 0 N–H and O–H groups in total. The highest BCUT2D eigenvalue weighted by atomic mass is 16.3. The number of anilines is 2. The minimum Gasteiger partial charge on any atom is -0.454 e. The number of aryl methyl sites for hydroxylation is 1. The number of hydrogen-bond donors (Lipinski definition) is 0. The van der Waals surface area contributed by atoms with Crippen LogP contribution in [0.2, 0.25) is 0 Å². The van der Waals surface area contributed by atoms with Gasteiger partial charge in [-0.25, -0.2) is 0 Å². The lowest BCUT2D eigenvalue weighted by molar-refractivity contribution is 0.665. The van der Waals surface area contributed by atoms with E-state index >= 15 is 0 Å². The zero-order valence-electron chi connectivity index (χ0n) is 15.2.